The van der Waals surface area contributed by atoms with Crippen molar-refractivity contribution in [1.29, 1.82) is 0 Å². The first-order valence-corrected chi connectivity index (χ1v) is 10.1. The Bertz CT molecular complexity index is 1030. The van der Waals surface area contributed by atoms with Gasteiger partial charge in [0.1, 0.15) is 0 Å². The molecular formula is C21H22ClN5O2. The van der Waals surface area contributed by atoms with Gasteiger partial charge < -0.3 is 10.6 Å². The highest BCUT2D eigenvalue weighted by atomic mass is 35.5. The van der Waals surface area contributed by atoms with Crippen molar-refractivity contribution >= 4 is 34.4 Å². The standard InChI is InChI=1S/C21H22ClN5O2/c22-17-7-5-14(6-8-17)20(28)23-9-10-24-21(29)16-11-15-13-26-27(19(15)25-12-16)18-3-1-2-4-18/h5-8,11-13,18H,1-4,9-10H2,(H,23,28)(H,24,29). The number of aromatic nitrogens is 3. The summed E-state index contributed by atoms with van der Waals surface area (Å²) in [5.74, 6) is -0.438. The summed E-state index contributed by atoms with van der Waals surface area (Å²) < 4.78 is 1.98. The van der Waals surface area contributed by atoms with Crippen LogP contribution in [0, 0.1) is 0 Å². The molecule has 1 fully saturated rings. The minimum atomic E-state index is -0.228. The van der Waals surface area contributed by atoms with E-state index in [0.29, 0.717) is 35.3 Å². The second-order valence-corrected chi connectivity index (χ2v) is 7.62. The minimum Gasteiger partial charge on any atom is -0.350 e. The number of hydrogen-bond donors (Lipinski definition) is 2. The summed E-state index contributed by atoms with van der Waals surface area (Å²) in [6.07, 6.45) is 8.05. The molecule has 29 heavy (non-hydrogen) atoms. The Hall–Kier alpha value is -2.93. The number of carbonyl (C=O) groups excluding carboxylic acids is 2. The average molecular weight is 412 g/mol. The number of rotatable bonds is 6. The van der Waals surface area contributed by atoms with Crippen LogP contribution in [0.25, 0.3) is 11.0 Å². The van der Waals surface area contributed by atoms with Gasteiger partial charge in [-0.1, -0.05) is 24.4 Å². The zero-order valence-corrected chi connectivity index (χ0v) is 16.7. The van der Waals surface area contributed by atoms with Crippen LogP contribution in [0.15, 0.2) is 42.7 Å². The van der Waals surface area contributed by atoms with Crippen molar-refractivity contribution < 1.29 is 9.59 Å². The number of hydrogen-bond acceptors (Lipinski definition) is 4. The van der Waals surface area contributed by atoms with Gasteiger partial charge in [0.2, 0.25) is 0 Å². The molecule has 1 aliphatic carbocycles. The van der Waals surface area contributed by atoms with Gasteiger partial charge in [0.25, 0.3) is 11.8 Å². The Kier molecular flexibility index (Phi) is 5.76. The molecule has 1 aliphatic rings. The van der Waals surface area contributed by atoms with E-state index < -0.39 is 0 Å². The Morgan fingerprint density at radius 2 is 1.66 bits per heavy atom. The molecule has 2 amide bonds. The molecule has 2 aromatic heterocycles. The molecule has 2 heterocycles. The monoisotopic (exact) mass is 411 g/mol. The number of carbonyl (C=O) groups is 2. The van der Waals surface area contributed by atoms with E-state index in [-0.39, 0.29) is 11.8 Å². The highest BCUT2D eigenvalue weighted by Crippen LogP contribution is 2.31. The van der Waals surface area contributed by atoms with Gasteiger partial charge in [-0.25, -0.2) is 9.67 Å². The van der Waals surface area contributed by atoms with Crippen molar-refractivity contribution in [2.24, 2.45) is 0 Å². The van der Waals surface area contributed by atoms with E-state index in [1.807, 2.05) is 10.7 Å². The van der Waals surface area contributed by atoms with Crippen LogP contribution in [0.4, 0.5) is 0 Å². The maximum absolute atomic E-state index is 12.4. The Labute approximate surface area is 173 Å². The lowest BCUT2D eigenvalue weighted by Gasteiger charge is -2.10. The van der Waals surface area contributed by atoms with E-state index in [1.165, 1.54) is 12.8 Å². The second kappa shape index (κ2) is 8.61. The lowest BCUT2D eigenvalue weighted by molar-refractivity contribution is 0.0927. The summed E-state index contributed by atoms with van der Waals surface area (Å²) in [6.45, 7) is 0.639. The maximum Gasteiger partial charge on any atom is 0.252 e. The van der Waals surface area contributed by atoms with Crippen LogP contribution >= 0.6 is 11.6 Å². The zero-order valence-electron chi connectivity index (χ0n) is 15.9. The van der Waals surface area contributed by atoms with Crippen LogP contribution in [-0.2, 0) is 0 Å². The molecule has 1 saturated carbocycles. The van der Waals surface area contributed by atoms with Crippen LogP contribution < -0.4 is 10.6 Å². The number of fused-ring (bicyclic) bond motifs is 1. The van der Waals surface area contributed by atoms with Crippen molar-refractivity contribution in [3.05, 3.63) is 58.9 Å². The second-order valence-electron chi connectivity index (χ2n) is 7.18. The van der Waals surface area contributed by atoms with Crippen LogP contribution in [-0.4, -0.2) is 39.7 Å². The minimum absolute atomic E-state index is 0.210. The third-order valence-electron chi connectivity index (χ3n) is 5.17. The number of pyridine rings is 1. The van der Waals surface area contributed by atoms with E-state index in [0.717, 1.165) is 23.9 Å². The van der Waals surface area contributed by atoms with E-state index in [9.17, 15) is 9.59 Å². The summed E-state index contributed by atoms with van der Waals surface area (Å²) >= 11 is 5.82. The SMILES string of the molecule is O=C(NCCNC(=O)c1cnc2c(cnn2C2CCCC2)c1)c1ccc(Cl)cc1. The van der Waals surface area contributed by atoms with E-state index >= 15 is 0 Å². The van der Waals surface area contributed by atoms with Gasteiger partial charge in [-0.3, -0.25) is 9.59 Å². The first kappa shape index (κ1) is 19.4. The van der Waals surface area contributed by atoms with Gasteiger partial charge in [0.15, 0.2) is 5.65 Å². The Balaban J connectivity index is 1.31. The molecule has 0 radical (unpaired) electrons. The molecule has 1 aromatic carbocycles. The molecule has 150 valence electrons. The number of nitrogens with one attached hydrogen (secondary N) is 2. The predicted octanol–water partition coefficient (Wildman–Crippen LogP) is 3.36. The normalized spacial score (nSPS) is 14.2. The van der Waals surface area contributed by atoms with Crippen LogP contribution in [0.2, 0.25) is 5.02 Å². The van der Waals surface area contributed by atoms with E-state index in [4.69, 9.17) is 11.6 Å². The number of amides is 2. The first-order valence-electron chi connectivity index (χ1n) is 9.77. The molecule has 8 heteroatoms. The fraction of sp³-hybridized carbons (Fsp3) is 0.333. The molecular weight excluding hydrogens is 390 g/mol. The van der Waals surface area contributed by atoms with Crippen molar-refractivity contribution in [3.63, 3.8) is 0 Å². The van der Waals surface area contributed by atoms with E-state index in [1.54, 1.807) is 36.7 Å². The maximum atomic E-state index is 12.4. The van der Waals surface area contributed by atoms with Crippen molar-refractivity contribution in [2.45, 2.75) is 31.7 Å². The van der Waals surface area contributed by atoms with Gasteiger partial charge in [0, 0.05) is 35.3 Å². The molecule has 0 unspecified atom stereocenters. The molecule has 0 saturated heterocycles. The van der Waals surface area contributed by atoms with Crippen LogP contribution in [0.3, 0.4) is 0 Å². The van der Waals surface area contributed by atoms with Gasteiger partial charge in [-0.2, -0.15) is 5.10 Å². The first-order chi connectivity index (χ1) is 14.1. The van der Waals surface area contributed by atoms with Gasteiger partial charge >= 0.3 is 0 Å². The predicted molar refractivity (Wildman–Crippen MR) is 111 cm³/mol. The topological polar surface area (TPSA) is 88.9 Å². The molecule has 7 nitrogen and oxygen atoms in total. The summed E-state index contributed by atoms with van der Waals surface area (Å²) in [7, 11) is 0. The van der Waals surface area contributed by atoms with E-state index in [2.05, 4.69) is 20.7 Å². The van der Waals surface area contributed by atoms with Crippen molar-refractivity contribution in [1.82, 2.24) is 25.4 Å². The average Bonchev–Trinajstić information content (AvgIpc) is 3.40. The third kappa shape index (κ3) is 4.40. The fourth-order valence-electron chi connectivity index (χ4n) is 3.64. The molecule has 3 aromatic rings. The largest absolute Gasteiger partial charge is 0.350 e. The molecule has 0 atom stereocenters. The highest BCUT2D eigenvalue weighted by molar-refractivity contribution is 6.30. The van der Waals surface area contributed by atoms with Gasteiger partial charge in [0.05, 0.1) is 17.8 Å². The summed E-state index contributed by atoms with van der Waals surface area (Å²) in [5, 5.41) is 11.5. The quantitative estimate of drug-likeness (QED) is 0.608. The molecule has 2 N–H and O–H groups in total. The Morgan fingerprint density at radius 3 is 2.34 bits per heavy atom. The fourth-order valence-corrected chi connectivity index (χ4v) is 3.76. The summed E-state index contributed by atoms with van der Waals surface area (Å²) in [5.41, 5.74) is 1.82. The smallest absolute Gasteiger partial charge is 0.252 e. The van der Waals surface area contributed by atoms with Crippen LogP contribution in [0.5, 0.6) is 0 Å². The lowest BCUT2D eigenvalue weighted by Crippen LogP contribution is -2.34. The summed E-state index contributed by atoms with van der Waals surface area (Å²) in [6, 6.07) is 8.85. The summed E-state index contributed by atoms with van der Waals surface area (Å²) in [4.78, 5) is 28.9. The Morgan fingerprint density at radius 1 is 1.00 bits per heavy atom. The molecule has 0 aliphatic heterocycles. The molecule has 4 rings (SSSR count). The van der Waals surface area contributed by atoms with Crippen molar-refractivity contribution in [2.75, 3.05) is 13.1 Å². The van der Waals surface area contributed by atoms with Gasteiger partial charge in [-0.15, -0.1) is 0 Å². The molecule has 0 bridgehead atoms. The highest BCUT2D eigenvalue weighted by Gasteiger charge is 2.20. The third-order valence-corrected chi connectivity index (χ3v) is 5.42. The lowest BCUT2D eigenvalue weighted by atomic mass is 10.2. The number of halogens is 1. The van der Waals surface area contributed by atoms with Gasteiger partial charge in [-0.05, 0) is 43.2 Å². The zero-order chi connectivity index (χ0) is 20.2. The number of nitrogens with zero attached hydrogens (tertiary/aromatic N) is 3. The van der Waals surface area contributed by atoms with Crippen molar-refractivity contribution in [3.8, 4) is 0 Å². The number of benzene rings is 1. The van der Waals surface area contributed by atoms with Crippen LogP contribution in [0.1, 0.15) is 52.4 Å². The molecule has 0 spiro atoms.